The third kappa shape index (κ3) is 5.49. The predicted octanol–water partition coefficient (Wildman–Crippen LogP) is 6.80. The van der Waals surface area contributed by atoms with Gasteiger partial charge in [-0.1, -0.05) is 62.2 Å². The van der Waals surface area contributed by atoms with E-state index in [4.69, 9.17) is 28.9 Å². The van der Waals surface area contributed by atoms with Gasteiger partial charge in [0.2, 0.25) is 5.91 Å². The molecule has 6 N–H and O–H groups in total. The van der Waals surface area contributed by atoms with Gasteiger partial charge in [-0.25, -0.2) is 13.6 Å². The van der Waals surface area contributed by atoms with Gasteiger partial charge in [-0.2, -0.15) is 0 Å². The van der Waals surface area contributed by atoms with Crippen molar-refractivity contribution < 1.29 is 23.5 Å². The van der Waals surface area contributed by atoms with Gasteiger partial charge in [-0.3, -0.25) is 4.79 Å². The lowest BCUT2D eigenvalue weighted by atomic mass is 9.68. The summed E-state index contributed by atoms with van der Waals surface area (Å²) in [6.45, 7) is 5.98. The second-order valence-electron chi connectivity index (χ2n) is 11.9. The molecule has 7 nitrogen and oxygen atoms in total. The zero-order valence-electron chi connectivity index (χ0n) is 23.1. The first kappa shape index (κ1) is 30.0. The van der Waals surface area contributed by atoms with Crippen LogP contribution in [0.2, 0.25) is 10.0 Å². The number of rotatable bonds is 6. The molecule has 0 radical (unpaired) electrons. The number of nitrogens with one attached hydrogen (secondary N) is 3. The number of aromatic amines is 1. The summed E-state index contributed by atoms with van der Waals surface area (Å²) in [5, 5.41) is 16.1. The molecule has 11 heteroatoms. The van der Waals surface area contributed by atoms with Crippen molar-refractivity contribution in [2.75, 3.05) is 5.32 Å². The van der Waals surface area contributed by atoms with Gasteiger partial charge < -0.3 is 26.5 Å². The zero-order valence-corrected chi connectivity index (χ0v) is 24.6. The van der Waals surface area contributed by atoms with E-state index < -0.39 is 47.1 Å². The first-order valence-electron chi connectivity index (χ1n) is 13.3. The molecule has 1 saturated heterocycles. The van der Waals surface area contributed by atoms with E-state index in [1.54, 1.807) is 24.3 Å². The van der Waals surface area contributed by atoms with Crippen LogP contribution in [-0.4, -0.2) is 34.1 Å². The van der Waals surface area contributed by atoms with E-state index in [9.17, 15) is 14.7 Å². The lowest BCUT2D eigenvalue weighted by molar-refractivity contribution is -0.118. The van der Waals surface area contributed by atoms with Crippen molar-refractivity contribution in [3.8, 4) is 0 Å². The quantitative estimate of drug-likeness (QED) is 0.163. The number of nitrogens with two attached hydrogens (primary N) is 1. The van der Waals surface area contributed by atoms with E-state index in [-0.39, 0.29) is 32.3 Å². The van der Waals surface area contributed by atoms with Gasteiger partial charge in [-0.05, 0) is 59.9 Å². The number of aromatic carboxylic acids is 1. The Kier molecular flexibility index (Phi) is 7.83. The molecular weight excluding hydrogens is 585 g/mol. The second-order valence-corrected chi connectivity index (χ2v) is 12.8. The molecule has 2 heterocycles. The Balaban J connectivity index is 1.63. The van der Waals surface area contributed by atoms with Gasteiger partial charge in [0, 0.05) is 39.1 Å². The standard InChI is InChI=1S/C31H30Cl2F2N4O3/c1-30(2,3)14-24-31(36,19-9-7-16(32)13-21(19)34)25(18-5-4-6-20(33)26(18)35)27(39-24)28(40)37-17-8-10-22-15(11-17)12-23(38-22)29(41)42/h4-13,24-25,27,38-39H,14,36H2,1-3H3,(H,37,40)(H,41,42)/t24-,25-,27+,31+/m0/s1. The molecule has 1 aliphatic heterocycles. The maximum Gasteiger partial charge on any atom is 0.352 e. The molecule has 1 aromatic heterocycles. The topological polar surface area (TPSA) is 120 Å². The highest BCUT2D eigenvalue weighted by Gasteiger charge is 2.58. The van der Waals surface area contributed by atoms with Gasteiger partial charge in [0.05, 0.1) is 16.6 Å². The Labute approximate surface area is 251 Å². The molecule has 4 aromatic rings. The van der Waals surface area contributed by atoms with Crippen LogP contribution in [0.5, 0.6) is 0 Å². The number of halogens is 4. The molecule has 0 aliphatic carbocycles. The molecule has 1 amide bonds. The molecular formula is C31H30Cl2F2N4O3. The molecule has 0 spiro atoms. The van der Waals surface area contributed by atoms with Crippen molar-refractivity contribution in [2.45, 2.75) is 50.7 Å². The number of carboxylic acids is 1. The number of carbonyl (C=O) groups excluding carboxylic acids is 1. The van der Waals surface area contributed by atoms with Crippen molar-refractivity contribution in [1.29, 1.82) is 0 Å². The molecule has 0 unspecified atom stereocenters. The van der Waals surface area contributed by atoms with Crippen molar-refractivity contribution >= 4 is 51.7 Å². The highest BCUT2D eigenvalue weighted by Crippen LogP contribution is 2.50. The summed E-state index contributed by atoms with van der Waals surface area (Å²) in [6, 6.07) is 13.2. The fourth-order valence-corrected chi connectivity index (χ4v) is 6.29. The minimum Gasteiger partial charge on any atom is -0.477 e. The average molecular weight is 616 g/mol. The van der Waals surface area contributed by atoms with E-state index in [0.717, 1.165) is 6.07 Å². The molecule has 4 atom stereocenters. The number of carbonyl (C=O) groups is 2. The number of anilines is 1. The summed E-state index contributed by atoms with van der Waals surface area (Å²) in [4.78, 5) is 28.2. The van der Waals surface area contributed by atoms with E-state index in [1.165, 1.54) is 30.3 Å². The van der Waals surface area contributed by atoms with Crippen LogP contribution in [0.1, 0.15) is 54.7 Å². The summed E-state index contributed by atoms with van der Waals surface area (Å²) >= 11 is 12.3. The van der Waals surface area contributed by atoms with E-state index >= 15 is 8.78 Å². The van der Waals surface area contributed by atoms with Crippen LogP contribution in [-0.2, 0) is 10.3 Å². The summed E-state index contributed by atoms with van der Waals surface area (Å²) in [5.74, 6) is -4.16. The first-order chi connectivity index (χ1) is 19.7. The Hall–Kier alpha value is -3.50. The number of fused-ring (bicyclic) bond motifs is 1. The lowest BCUT2D eigenvalue weighted by Crippen LogP contribution is -2.52. The number of benzene rings is 3. The second kappa shape index (κ2) is 11.0. The molecule has 5 rings (SSSR count). The highest BCUT2D eigenvalue weighted by atomic mass is 35.5. The predicted molar refractivity (Wildman–Crippen MR) is 160 cm³/mol. The van der Waals surface area contributed by atoms with E-state index in [0.29, 0.717) is 23.0 Å². The summed E-state index contributed by atoms with van der Waals surface area (Å²) in [6.07, 6.45) is 0.418. The Morgan fingerprint density at radius 1 is 1.07 bits per heavy atom. The zero-order chi connectivity index (χ0) is 30.6. The van der Waals surface area contributed by atoms with Crippen molar-refractivity contribution in [1.82, 2.24) is 10.3 Å². The van der Waals surface area contributed by atoms with Crippen LogP contribution >= 0.6 is 23.2 Å². The van der Waals surface area contributed by atoms with Crippen LogP contribution in [0.25, 0.3) is 10.9 Å². The van der Waals surface area contributed by atoms with Crippen LogP contribution in [0.3, 0.4) is 0 Å². The van der Waals surface area contributed by atoms with Gasteiger partial charge in [0.25, 0.3) is 0 Å². The highest BCUT2D eigenvalue weighted by molar-refractivity contribution is 6.31. The Morgan fingerprint density at radius 3 is 2.48 bits per heavy atom. The monoisotopic (exact) mass is 614 g/mol. The van der Waals surface area contributed by atoms with Gasteiger partial charge in [-0.15, -0.1) is 0 Å². The fraction of sp³-hybridized carbons (Fsp3) is 0.290. The summed E-state index contributed by atoms with van der Waals surface area (Å²) < 4.78 is 31.4. The minimum atomic E-state index is -1.60. The Morgan fingerprint density at radius 2 is 1.81 bits per heavy atom. The van der Waals surface area contributed by atoms with Crippen LogP contribution in [0, 0.1) is 17.0 Å². The maximum atomic E-state index is 15.7. The van der Waals surface area contributed by atoms with E-state index in [1.807, 2.05) is 20.8 Å². The van der Waals surface area contributed by atoms with Crippen LogP contribution in [0.15, 0.2) is 60.7 Å². The van der Waals surface area contributed by atoms with Gasteiger partial charge in [0.1, 0.15) is 17.3 Å². The number of amides is 1. The van der Waals surface area contributed by atoms with Gasteiger partial charge in [0.15, 0.2) is 0 Å². The number of carboxylic acid groups (broad SMARTS) is 1. The maximum absolute atomic E-state index is 15.7. The van der Waals surface area contributed by atoms with Crippen molar-refractivity contribution in [2.24, 2.45) is 11.1 Å². The number of H-pyrrole nitrogens is 1. The van der Waals surface area contributed by atoms with Crippen LogP contribution < -0.4 is 16.4 Å². The summed E-state index contributed by atoms with van der Waals surface area (Å²) in [7, 11) is 0. The molecule has 0 saturated carbocycles. The molecule has 1 fully saturated rings. The van der Waals surface area contributed by atoms with Gasteiger partial charge >= 0.3 is 5.97 Å². The van der Waals surface area contributed by atoms with Crippen molar-refractivity contribution in [3.63, 3.8) is 0 Å². The largest absolute Gasteiger partial charge is 0.477 e. The SMILES string of the molecule is CC(C)(C)C[C@@H]1N[C@@H](C(=O)Nc2ccc3[nH]c(C(=O)O)cc3c2)[C@H](c2cccc(Cl)c2F)[C@@]1(N)c1ccc(Cl)cc1F. The molecule has 3 aromatic carbocycles. The molecule has 42 heavy (non-hydrogen) atoms. The third-order valence-corrected chi connectivity index (χ3v) is 8.26. The lowest BCUT2D eigenvalue weighted by Gasteiger charge is -2.40. The molecule has 1 aliphatic rings. The normalized spacial score (nSPS) is 22.4. The fourth-order valence-electron chi connectivity index (χ4n) is 5.95. The minimum absolute atomic E-state index is 0.00496. The van der Waals surface area contributed by atoms with E-state index in [2.05, 4.69) is 15.6 Å². The van der Waals surface area contributed by atoms with Crippen LogP contribution in [0.4, 0.5) is 14.5 Å². The molecule has 220 valence electrons. The smallest absolute Gasteiger partial charge is 0.352 e. The third-order valence-electron chi connectivity index (χ3n) is 7.74. The molecule has 0 bridgehead atoms. The summed E-state index contributed by atoms with van der Waals surface area (Å²) in [5.41, 5.74) is 6.42. The average Bonchev–Trinajstić information content (AvgIpc) is 3.44. The number of hydrogen-bond donors (Lipinski definition) is 5. The Bertz CT molecular complexity index is 1700. The van der Waals surface area contributed by atoms with Crippen molar-refractivity contribution in [3.05, 3.63) is 99.2 Å². The first-order valence-corrected chi connectivity index (χ1v) is 14.1. The number of aromatic nitrogens is 1. The number of hydrogen-bond acceptors (Lipinski definition) is 4.